The van der Waals surface area contributed by atoms with Gasteiger partial charge in [0.25, 0.3) is 0 Å². The Hall–Kier alpha value is -2.63. The van der Waals surface area contributed by atoms with E-state index in [1.54, 1.807) is 18.5 Å². The number of alkyl halides is 1. The van der Waals surface area contributed by atoms with E-state index in [4.69, 9.17) is 0 Å². The fraction of sp³-hybridized carbons (Fsp3) is 0.545. The molecule has 8 heteroatoms. The number of anilines is 1. The van der Waals surface area contributed by atoms with Crippen LogP contribution in [0.4, 0.5) is 10.1 Å². The number of likely N-dealkylation sites (N-methyl/N-ethyl adjacent to an activating group) is 1. The van der Waals surface area contributed by atoms with Crippen LogP contribution in [-0.2, 0) is 4.79 Å². The van der Waals surface area contributed by atoms with Gasteiger partial charge in [-0.1, -0.05) is 0 Å². The number of aromatic nitrogens is 2. The summed E-state index contributed by atoms with van der Waals surface area (Å²) >= 11 is 0. The summed E-state index contributed by atoms with van der Waals surface area (Å²) in [4.78, 5) is 27.8. The number of fused-ring (bicyclic) bond motifs is 1. The zero-order chi connectivity index (χ0) is 21.1. The summed E-state index contributed by atoms with van der Waals surface area (Å²) in [6, 6.07) is 5.66. The Morgan fingerprint density at radius 2 is 1.90 bits per heavy atom. The van der Waals surface area contributed by atoms with Gasteiger partial charge in [0.15, 0.2) is 0 Å². The summed E-state index contributed by atoms with van der Waals surface area (Å²) in [6.45, 7) is 5.08. The minimum atomic E-state index is -0.998. The van der Waals surface area contributed by atoms with Crippen LogP contribution in [0.5, 0.6) is 0 Å². The molecule has 0 amide bonds. The second kappa shape index (κ2) is 9.02. The molecule has 2 saturated heterocycles. The van der Waals surface area contributed by atoms with Gasteiger partial charge in [0, 0.05) is 58.1 Å². The Morgan fingerprint density at radius 1 is 1.17 bits per heavy atom. The molecule has 3 heterocycles. The minimum absolute atomic E-state index is 0.0314. The van der Waals surface area contributed by atoms with E-state index >= 15 is 0 Å². The lowest BCUT2D eigenvalue weighted by molar-refractivity contribution is -0.121. The number of nitrogens with zero attached hydrogens (tertiary/aromatic N) is 6. The van der Waals surface area contributed by atoms with E-state index in [1.807, 2.05) is 11.0 Å². The van der Waals surface area contributed by atoms with Crippen LogP contribution in [0, 0.1) is 17.2 Å². The molecule has 30 heavy (non-hydrogen) atoms. The lowest BCUT2D eigenvalue weighted by atomic mass is 9.91. The van der Waals surface area contributed by atoms with Gasteiger partial charge in [0.2, 0.25) is 0 Å². The first-order valence-electron chi connectivity index (χ1n) is 10.5. The van der Waals surface area contributed by atoms with Crippen molar-refractivity contribution in [3.63, 3.8) is 0 Å². The summed E-state index contributed by atoms with van der Waals surface area (Å²) in [5.41, 5.74) is 2.36. The van der Waals surface area contributed by atoms with Gasteiger partial charge in [0.05, 0.1) is 17.8 Å². The molecule has 2 aromatic rings. The van der Waals surface area contributed by atoms with Crippen molar-refractivity contribution in [2.45, 2.75) is 19.0 Å². The first-order valence-corrected chi connectivity index (χ1v) is 10.5. The Labute approximate surface area is 176 Å². The first kappa shape index (κ1) is 20.6. The van der Waals surface area contributed by atoms with Crippen LogP contribution in [-0.4, -0.2) is 84.6 Å². The quantitative estimate of drug-likeness (QED) is 0.745. The van der Waals surface area contributed by atoms with Gasteiger partial charge in [-0.3, -0.25) is 19.7 Å². The highest BCUT2D eigenvalue weighted by Gasteiger charge is 2.30. The molecule has 4 rings (SSSR count). The molecule has 1 aromatic carbocycles. The first-order chi connectivity index (χ1) is 14.5. The van der Waals surface area contributed by atoms with Crippen molar-refractivity contribution in [3.05, 3.63) is 30.1 Å². The third kappa shape index (κ3) is 4.58. The summed E-state index contributed by atoms with van der Waals surface area (Å²) in [5, 5.41) is 9.33. The van der Waals surface area contributed by atoms with Crippen molar-refractivity contribution in [3.8, 4) is 6.07 Å². The number of ketones is 1. The molecule has 0 N–H and O–H groups in total. The SMILES string of the molecule is CN1CCN(CC(=O)C[C@@H]2C[C@H](F)CN(c3ccc(C#N)c4nccnc34)C2)CC1. The molecular weight excluding hydrogens is 383 g/mol. The predicted molar refractivity (Wildman–Crippen MR) is 113 cm³/mol. The van der Waals surface area contributed by atoms with Gasteiger partial charge in [-0.05, 0) is 31.5 Å². The van der Waals surface area contributed by atoms with Crippen LogP contribution in [0.2, 0.25) is 0 Å². The molecule has 2 fully saturated rings. The van der Waals surface area contributed by atoms with Crippen LogP contribution in [0.1, 0.15) is 18.4 Å². The Bertz CT molecular complexity index is 952. The molecule has 2 aliphatic rings. The van der Waals surface area contributed by atoms with Gasteiger partial charge in [-0.25, -0.2) is 4.39 Å². The molecule has 0 spiro atoms. The maximum Gasteiger partial charge on any atom is 0.147 e. The normalized spacial score (nSPS) is 23.4. The largest absolute Gasteiger partial charge is 0.367 e. The Balaban J connectivity index is 1.46. The highest BCUT2D eigenvalue weighted by atomic mass is 19.1. The van der Waals surface area contributed by atoms with Gasteiger partial charge in [0.1, 0.15) is 29.1 Å². The van der Waals surface area contributed by atoms with E-state index in [1.165, 1.54) is 0 Å². The van der Waals surface area contributed by atoms with Gasteiger partial charge < -0.3 is 9.80 Å². The number of carbonyl (C=O) groups excluding carboxylic acids is 1. The maximum absolute atomic E-state index is 14.6. The molecule has 0 aliphatic carbocycles. The minimum Gasteiger partial charge on any atom is -0.367 e. The number of hydrogen-bond donors (Lipinski definition) is 0. The summed E-state index contributed by atoms with van der Waals surface area (Å²) in [5.74, 6) is 0.152. The average molecular weight is 410 g/mol. The Kier molecular flexibility index (Phi) is 6.21. The van der Waals surface area contributed by atoms with E-state index in [-0.39, 0.29) is 18.2 Å². The van der Waals surface area contributed by atoms with E-state index < -0.39 is 6.17 Å². The number of Topliss-reactive ketones (excluding diaryl/α,β-unsaturated/α-hetero) is 1. The van der Waals surface area contributed by atoms with Crippen LogP contribution in [0.15, 0.2) is 24.5 Å². The van der Waals surface area contributed by atoms with Crippen molar-refractivity contribution in [2.75, 3.05) is 57.8 Å². The zero-order valence-corrected chi connectivity index (χ0v) is 17.3. The Morgan fingerprint density at radius 3 is 2.63 bits per heavy atom. The highest BCUT2D eigenvalue weighted by molar-refractivity contribution is 5.92. The molecule has 0 unspecified atom stereocenters. The van der Waals surface area contributed by atoms with Crippen LogP contribution in [0.3, 0.4) is 0 Å². The molecule has 2 aliphatic heterocycles. The van der Waals surface area contributed by atoms with Crippen molar-refractivity contribution >= 4 is 22.5 Å². The number of piperazine rings is 1. The summed E-state index contributed by atoms with van der Waals surface area (Å²) in [7, 11) is 2.09. The predicted octanol–water partition coefficient (Wildman–Crippen LogP) is 1.87. The lowest BCUT2D eigenvalue weighted by Crippen LogP contribution is -2.47. The molecular formula is C22H27FN6O. The van der Waals surface area contributed by atoms with Gasteiger partial charge in [-0.2, -0.15) is 5.26 Å². The lowest BCUT2D eigenvalue weighted by Gasteiger charge is -2.37. The van der Waals surface area contributed by atoms with Crippen LogP contribution in [0.25, 0.3) is 11.0 Å². The molecule has 7 nitrogen and oxygen atoms in total. The molecule has 0 saturated carbocycles. The second-order valence-electron chi connectivity index (χ2n) is 8.42. The average Bonchev–Trinajstić information content (AvgIpc) is 2.74. The number of rotatable bonds is 5. The van der Waals surface area contributed by atoms with E-state index in [2.05, 4.69) is 32.9 Å². The van der Waals surface area contributed by atoms with Crippen molar-refractivity contribution in [2.24, 2.45) is 5.92 Å². The third-order valence-electron chi connectivity index (χ3n) is 6.06. The standard InChI is InChI=1S/C22H27FN6O/c1-27-6-8-28(9-7-27)15-19(30)11-16-10-18(23)14-29(13-16)20-3-2-17(12-24)21-22(20)26-5-4-25-21/h2-5,16,18H,6-11,13-15H2,1H3/t16-,18-/m0/s1. The second-order valence-corrected chi connectivity index (χ2v) is 8.42. The molecule has 0 radical (unpaired) electrons. The number of benzene rings is 1. The van der Waals surface area contributed by atoms with Crippen LogP contribution >= 0.6 is 0 Å². The monoisotopic (exact) mass is 410 g/mol. The van der Waals surface area contributed by atoms with Crippen molar-refractivity contribution in [1.29, 1.82) is 5.26 Å². The van der Waals surface area contributed by atoms with Gasteiger partial charge in [-0.15, -0.1) is 0 Å². The van der Waals surface area contributed by atoms with Crippen molar-refractivity contribution < 1.29 is 9.18 Å². The zero-order valence-electron chi connectivity index (χ0n) is 17.3. The molecule has 158 valence electrons. The molecule has 0 bridgehead atoms. The summed E-state index contributed by atoms with van der Waals surface area (Å²) < 4.78 is 14.6. The summed E-state index contributed by atoms with van der Waals surface area (Å²) in [6.07, 6.45) is 2.94. The topological polar surface area (TPSA) is 76.4 Å². The van der Waals surface area contributed by atoms with Gasteiger partial charge >= 0.3 is 0 Å². The number of carbonyl (C=O) groups is 1. The molecule has 2 atom stereocenters. The smallest absolute Gasteiger partial charge is 0.147 e. The number of piperidine rings is 1. The maximum atomic E-state index is 14.6. The number of halogens is 1. The fourth-order valence-electron chi connectivity index (χ4n) is 4.51. The van der Waals surface area contributed by atoms with E-state index in [9.17, 15) is 14.4 Å². The van der Waals surface area contributed by atoms with E-state index in [0.717, 1.165) is 31.9 Å². The number of nitriles is 1. The fourth-order valence-corrected chi connectivity index (χ4v) is 4.51. The van der Waals surface area contributed by atoms with Crippen molar-refractivity contribution in [1.82, 2.24) is 19.8 Å². The highest BCUT2D eigenvalue weighted by Crippen LogP contribution is 2.32. The van der Waals surface area contributed by atoms with Crippen LogP contribution < -0.4 is 4.90 Å². The third-order valence-corrected chi connectivity index (χ3v) is 6.06. The molecule has 1 aromatic heterocycles. The van der Waals surface area contributed by atoms with E-state index in [0.29, 0.717) is 42.5 Å². The number of hydrogen-bond acceptors (Lipinski definition) is 7.